The molecule has 0 amide bonds. The molecule has 166 valence electrons. The molecule has 1 nitrogen and oxygen atoms in total. The third-order valence-electron chi connectivity index (χ3n) is 10.3. The highest BCUT2D eigenvalue weighted by Gasteiger charge is 2.58. The van der Waals surface area contributed by atoms with Gasteiger partial charge in [-0.1, -0.05) is 58.4 Å². The van der Waals surface area contributed by atoms with Crippen molar-refractivity contribution in [3.8, 4) is 0 Å². The van der Waals surface area contributed by atoms with Gasteiger partial charge in [-0.25, -0.2) is 0 Å². The van der Waals surface area contributed by atoms with Crippen LogP contribution in [0.3, 0.4) is 0 Å². The fourth-order valence-corrected chi connectivity index (χ4v) is 8.33. The molecule has 0 aromatic rings. The second-order valence-electron chi connectivity index (χ2n) is 11.9. The Kier molecular flexibility index (Phi) is 5.97. The van der Waals surface area contributed by atoms with Crippen LogP contribution in [0.25, 0.3) is 0 Å². The fraction of sp³-hybridized carbons (Fsp3) is 0.759. The molecule has 2 saturated carbocycles. The number of carbonyl (C=O) groups is 1. The van der Waals surface area contributed by atoms with E-state index >= 15 is 0 Å². The van der Waals surface area contributed by atoms with Crippen LogP contribution < -0.4 is 0 Å². The lowest BCUT2D eigenvalue weighted by atomic mass is 9.48. The van der Waals surface area contributed by atoms with Crippen LogP contribution in [0.5, 0.6) is 0 Å². The van der Waals surface area contributed by atoms with Crippen molar-refractivity contribution in [2.45, 2.75) is 92.9 Å². The van der Waals surface area contributed by atoms with Gasteiger partial charge in [0.1, 0.15) is 0 Å². The Morgan fingerprint density at radius 2 is 1.90 bits per heavy atom. The molecule has 0 radical (unpaired) electrons. The van der Waals surface area contributed by atoms with Gasteiger partial charge < -0.3 is 0 Å². The molecule has 2 fully saturated rings. The minimum absolute atomic E-state index is 0.233. The van der Waals surface area contributed by atoms with Crippen molar-refractivity contribution in [1.82, 2.24) is 0 Å². The van der Waals surface area contributed by atoms with E-state index in [1.165, 1.54) is 44.1 Å². The monoisotopic (exact) mass is 408 g/mol. The zero-order valence-electron chi connectivity index (χ0n) is 20.3. The van der Waals surface area contributed by atoms with Gasteiger partial charge in [0.2, 0.25) is 0 Å². The Morgan fingerprint density at radius 1 is 1.13 bits per heavy atom. The minimum Gasteiger partial charge on any atom is -0.295 e. The fourth-order valence-electron chi connectivity index (χ4n) is 8.33. The summed E-state index contributed by atoms with van der Waals surface area (Å²) in [4.78, 5) is 12.0. The molecule has 30 heavy (non-hydrogen) atoms. The summed E-state index contributed by atoms with van der Waals surface area (Å²) in [6.07, 6.45) is 19.2. The topological polar surface area (TPSA) is 17.1 Å². The maximum atomic E-state index is 12.0. The van der Waals surface area contributed by atoms with E-state index < -0.39 is 0 Å². The summed E-state index contributed by atoms with van der Waals surface area (Å²) >= 11 is 0. The van der Waals surface area contributed by atoms with E-state index in [2.05, 4.69) is 59.8 Å². The SMILES string of the molecule is C/C=C(\CC[C@@H](C)[C@H]1CC[C@H]2[C@@H]3C=CC4=CC(=O)CC[C@]4(C)[C@H]3CC[C@]12C)C(C)C. The van der Waals surface area contributed by atoms with Crippen molar-refractivity contribution in [1.29, 1.82) is 0 Å². The molecule has 4 aliphatic carbocycles. The third-order valence-corrected chi connectivity index (χ3v) is 10.3. The lowest BCUT2D eigenvalue weighted by molar-refractivity contribution is -0.116. The van der Waals surface area contributed by atoms with Crippen molar-refractivity contribution in [2.24, 2.45) is 46.3 Å². The highest BCUT2D eigenvalue weighted by atomic mass is 16.1. The van der Waals surface area contributed by atoms with Crippen LogP contribution in [0, 0.1) is 46.3 Å². The number of rotatable bonds is 5. The van der Waals surface area contributed by atoms with Crippen LogP contribution in [-0.4, -0.2) is 5.78 Å². The van der Waals surface area contributed by atoms with Crippen LogP contribution in [0.15, 0.2) is 35.5 Å². The van der Waals surface area contributed by atoms with Gasteiger partial charge in [0.25, 0.3) is 0 Å². The first-order valence-corrected chi connectivity index (χ1v) is 12.8. The molecule has 0 aromatic heterocycles. The van der Waals surface area contributed by atoms with Gasteiger partial charge in [-0.3, -0.25) is 4.79 Å². The molecule has 1 heteroatoms. The summed E-state index contributed by atoms with van der Waals surface area (Å²) in [5.41, 5.74) is 3.70. The van der Waals surface area contributed by atoms with Gasteiger partial charge in [0.15, 0.2) is 5.78 Å². The molecule has 0 spiro atoms. The quantitative estimate of drug-likeness (QED) is 0.422. The minimum atomic E-state index is 0.233. The average Bonchev–Trinajstić information content (AvgIpc) is 3.06. The Morgan fingerprint density at radius 3 is 2.60 bits per heavy atom. The van der Waals surface area contributed by atoms with E-state index in [4.69, 9.17) is 0 Å². The number of ketones is 1. The van der Waals surface area contributed by atoms with E-state index in [9.17, 15) is 4.79 Å². The average molecular weight is 409 g/mol. The van der Waals surface area contributed by atoms with Crippen LogP contribution in [-0.2, 0) is 4.79 Å². The van der Waals surface area contributed by atoms with Gasteiger partial charge in [-0.05, 0) is 110 Å². The first-order valence-electron chi connectivity index (χ1n) is 12.8. The highest BCUT2D eigenvalue weighted by Crippen LogP contribution is 2.66. The highest BCUT2D eigenvalue weighted by molar-refractivity contribution is 5.92. The summed E-state index contributed by atoms with van der Waals surface area (Å²) in [5, 5.41) is 0. The predicted molar refractivity (Wildman–Crippen MR) is 127 cm³/mol. The van der Waals surface area contributed by atoms with E-state index in [1.54, 1.807) is 5.57 Å². The number of hydrogen-bond donors (Lipinski definition) is 0. The smallest absolute Gasteiger partial charge is 0.156 e. The summed E-state index contributed by atoms with van der Waals surface area (Å²) in [6.45, 7) is 14.6. The summed E-state index contributed by atoms with van der Waals surface area (Å²) in [5.74, 6) is 5.01. The van der Waals surface area contributed by atoms with Crippen molar-refractivity contribution >= 4 is 5.78 Å². The van der Waals surface area contributed by atoms with Crippen LogP contribution in [0.2, 0.25) is 0 Å². The first kappa shape index (κ1) is 22.1. The second-order valence-corrected chi connectivity index (χ2v) is 11.9. The molecule has 0 bridgehead atoms. The lowest BCUT2D eigenvalue weighted by Crippen LogP contribution is -2.49. The summed E-state index contributed by atoms with van der Waals surface area (Å²) in [6, 6.07) is 0. The third kappa shape index (κ3) is 3.49. The maximum Gasteiger partial charge on any atom is 0.156 e. The van der Waals surface area contributed by atoms with Crippen molar-refractivity contribution < 1.29 is 4.79 Å². The molecule has 0 aromatic carbocycles. The molecule has 7 atom stereocenters. The second kappa shape index (κ2) is 8.10. The Labute approximate surface area is 185 Å². The zero-order valence-corrected chi connectivity index (χ0v) is 20.3. The van der Waals surface area contributed by atoms with E-state index in [0.717, 1.165) is 42.4 Å². The number of carbonyl (C=O) groups excluding carboxylic acids is 1. The molecular weight excluding hydrogens is 364 g/mol. The summed E-state index contributed by atoms with van der Waals surface area (Å²) < 4.78 is 0. The van der Waals surface area contributed by atoms with Gasteiger partial charge >= 0.3 is 0 Å². The summed E-state index contributed by atoms with van der Waals surface area (Å²) in [7, 11) is 0. The van der Waals surface area contributed by atoms with Crippen LogP contribution >= 0.6 is 0 Å². The van der Waals surface area contributed by atoms with Gasteiger partial charge in [-0.15, -0.1) is 0 Å². The Bertz CT molecular complexity index is 767. The number of fused-ring (bicyclic) bond motifs is 5. The number of hydrogen-bond acceptors (Lipinski definition) is 1. The molecule has 0 heterocycles. The molecule has 0 saturated heterocycles. The van der Waals surface area contributed by atoms with Crippen molar-refractivity contribution in [3.05, 3.63) is 35.5 Å². The molecule has 4 aliphatic rings. The van der Waals surface area contributed by atoms with E-state index in [0.29, 0.717) is 17.1 Å². The standard InChI is InChI=1S/C29H44O/c1-7-21(19(2)3)9-8-20(4)25-12-13-26-24-11-10-22-18-23(30)14-16-28(22,5)27(24)15-17-29(25,26)6/h7,10-11,18-20,24-27H,8-9,12-17H2,1-6H3/b21-7+/t20-,24+,25-,26+,27+,28+,29-/m1/s1. The van der Waals surface area contributed by atoms with Crippen LogP contribution in [0.1, 0.15) is 92.9 Å². The molecule has 4 rings (SSSR count). The van der Waals surface area contributed by atoms with Gasteiger partial charge in [0, 0.05) is 6.42 Å². The Balaban J connectivity index is 1.52. The largest absolute Gasteiger partial charge is 0.295 e. The van der Waals surface area contributed by atoms with E-state index in [1.807, 2.05) is 6.08 Å². The normalized spacial score (nSPS) is 41.9. The predicted octanol–water partition coefficient (Wildman–Crippen LogP) is 7.93. The number of allylic oxidation sites excluding steroid dienone is 6. The van der Waals surface area contributed by atoms with E-state index in [-0.39, 0.29) is 5.41 Å². The van der Waals surface area contributed by atoms with Gasteiger partial charge in [-0.2, -0.15) is 0 Å². The van der Waals surface area contributed by atoms with Crippen molar-refractivity contribution in [2.75, 3.05) is 0 Å². The first-order chi connectivity index (χ1) is 14.2. The Hall–Kier alpha value is -1.11. The maximum absolute atomic E-state index is 12.0. The molecule has 0 unspecified atom stereocenters. The van der Waals surface area contributed by atoms with Crippen LogP contribution in [0.4, 0.5) is 0 Å². The molecular formula is C29H44O. The zero-order chi connectivity index (χ0) is 21.7. The van der Waals surface area contributed by atoms with Gasteiger partial charge in [0.05, 0.1) is 0 Å². The van der Waals surface area contributed by atoms with Crippen molar-refractivity contribution in [3.63, 3.8) is 0 Å². The molecule has 0 N–H and O–H groups in total. The lowest BCUT2D eigenvalue weighted by Gasteiger charge is -2.56. The molecule has 0 aliphatic heterocycles.